The summed E-state index contributed by atoms with van der Waals surface area (Å²) in [5.41, 5.74) is 0. The van der Waals surface area contributed by atoms with E-state index in [1.54, 1.807) is 11.8 Å². The van der Waals surface area contributed by atoms with Crippen molar-refractivity contribution in [3.63, 3.8) is 0 Å². The van der Waals surface area contributed by atoms with Gasteiger partial charge in [-0.25, -0.2) is 0 Å². The first-order valence-electron chi connectivity index (χ1n) is 8.07. The molecule has 0 saturated carbocycles. The van der Waals surface area contributed by atoms with Gasteiger partial charge in [-0.05, 0) is 30.7 Å². The van der Waals surface area contributed by atoms with Crippen LogP contribution in [0.15, 0.2) is 29.2 Å². The molecule has 2 aliphatic heterocycles. The van der Waals surface area contributed by atoms with Crippen LogP contribution in [0.2, 0.25) is 0 Å². The number of carbonyl (C=O) groups is 1. The zero-order chi connectivity index (χ0) is 15.4. The molecule has 0 radical (unpaired) electrons. The summed E-state index contributed by atoms with van der Waals surface area (Å²) in [4.78, 5) is 16.0. The average molecular weight is 338 g/mol. The van der Waals surface area contributed by atoms with Crippen molar-refractivity contribution in [1.29, 1.82) is 0 Å². The van der Waals surface area contributed by atoms with E-state index in [-0.39, 0.29) is 12.0 Å². The van der Waals surface area contributed by atoms with Crippen LogP contribution in [0.1, 0.15) is 26.2 Å². The summed E-state index contributed by atoms with van der Waals surface area (Å²) in [6.07, 6.45) is 3.24. The van der Waals surface area contributed by atoms with Crippen molar-refractivity contribution in [2.75, 3.05) is 24.6 Å². The Morgan fingerprint density at radius 2 is 2.27 bits per heavy atom. The lowest BCUT2D eigenvalue weighted by Crippen LogP contribution is -2.46. The van der Waals surface area contributed by atoms with Crippen LogP contribution in [-0.2, 0) is 4.79 Å². The molecule has 22 heavy (non-hydrogen) atoms. The number of fused-ring (bicyclic) bond motifs is 1. The van der Waals surface area contributed by atoms with Crippen LogP contribution in [0.3, 0.4) is 0 Å². The number of benzene rings is 1. The van der Waals surface area contributed by atoms with E-state index in [0.717, 1.165) is 41.7 Å². The van der Waals surface area contributed by atoms with Gasteiger partial charge in [0.1, 0.15) is 5.75 Å². The van der Waals surface area contributed by atoms with E-state index in [2.05, 4.69) is 13.0 Å². The fourth-order valence-corrected chi connectivity index (χ4v) is 5.08. The molecule has 0 bridgehead atoms. The smallest absolute Gasteiger partial charge is 0.264 e. The van der Waals surface area contributed by atoms with Crippen molar-refractivity contribution >= 4 is 29.4 Å². The minimum Gasteiger partial charge on any atom is -0.479 e. The van der Waals surface area contributed by atoms with Crippen LogP contribution in [0.4, 0.5) is 0 Å². The monoisotopic (exact) mass is 337 g/mol. The lowest BCUT2D eigenvalue weighted by atomic mass is 10.2. The van der Waals surface area contributed by atoms with Crippen molar-refractivity contribution in [3.8, 4) is 5.75 Å². The Kier molecular flexibility index (Phi) is 5.58. The normalized spacial score (nSPS) is 25.0. The van der Waals surface area contributed by atoms with E-state index in [1.807, 2.05) is 34.9 Å². The molecule has 1 amide bonds. The molecule has 2 atom stereocenters. The van der Waals surface area contributed by atoms with Crippen LogP contribution >= 0.6 is 23.5 Å². The Morgan fingerprint density at radius 3 is 3.14 bits per heavy atom. The molecule has 0 N–H and O–H groups in total. The molecular weight excluding hydrogens is 314 g/mol. The molecule has 0 aliphatic carbocycles. The summed E-state index contributed by atoms with van der Waals surface area (Å²) in [6.45, 7) is 3.95. The summed E-state index contributed by atoms with van der Waals surface area (Å²) >= 11 is 3.71. The van der Waals surface area contributed by atoms with E-state index in [9.17, 15) is 4.79 Å². The van der Waals surface area contributed by atoms with Gasteiger partial charge in [0.05, 0.1) is 0 Å². The van der Waals surface area contributed by atoms with Gasteiger partial charge < -0.3 is 9.64 Å². The third kappa shape index (κ3) is 3.74. The summed E-state index contributed by atoms with van der Waals surface area (Å²) in [5, 5.41) is 0.583. The Morgan fingerprint density at radius 1 is 1.41 bits per heavy atom. The second-order valence-electron chi connectivity index (χ2n) is 5.72. The zero-order valence-corrected chi connectivity index (χ0v) is 14.6. The molecule has 2 heterocycles. The highest BCUT2D eigenvalue weighted by Gasteiger charge is 2.32. The predicted octanol–water partition coefficient (Wildman–Crippen LogP) is 3.67. The minimum absolute atomic E-state index is 0.172. The number of hydrogen-bond acceptors (Lipinski definition) is 4. The van der Waals surface area contributed by atoms with Crippen LogP contribution < -0.4 is 4.74 Å². The SMILES string of the molecule is CCSC1CCCCN(C(=O)C2CSc3ccccc3O2)C1. The maximum absolute atomic E-state index is 12.8. The number of amides is 1. The molecule has 2 unspecified atom stereocenters. The number of likely N-dealkylation sites (tertiary alicyclic amines) is 1. The van der Waals surface area contributed by atoms with Crippen LogP contribution in [0.25, 0.3) is 0 Å². The number of para-hydroxylation sites is 1. The van der Waals surface area contributed by atoms with Crippen molar-refractivity contribution in [3.05, 3.63) is 24.3 Å². The number of carbonyl (C=O) groups excluding carboxylic acids is 1. The van der Waals surface area contributed by atoms with Gasteiger partial charge in [0.2, 0.25) is 0 Å². The maximum Gasteiger partial charge on any atom is 0.264 e. The van der Waals surface area contributed by atoms with Gasteiger partial charge in [0.15, 0.2) is 6.10 Å². The summed E-state index contributed by atoms with van der Waals surface area (Å²) in [7, 11) is 0. The molecule has 1 fully saturated rings. The molecule has 1 aromatic carbocycles. The van der Waals surface area contributed by atoms with Crippen LogP contribution in [0.5, 0.6) is 5.75 Å². The highest BCUT2D eigenvalue weighted by molar-refractivity contribution is 8.00. The van der Waals surface area contributed by atoms with Gasteiger partial charge in [-0.3, -0.25) is 4.79 Å². The Hall–Kier alpha value is -0.810. The average Bonchev–Trinajstić information content (AvgIpc) is 2.80. The molecule has 120 valence electrons. The van der Waals surface area contributed by atoms with Gasteiger partial charge in [-0.15, -0.1) is 11.8 Å². The molecule has 3 rings (SSSR count). The quantitative estimate of drug-likeness (QED) is 0.841. The molecule has 1 saturated heterocycles. The molecule has 2 aliphatic rings. The summed E-state index contributed by atoms with van der Waals surface area (Å²) < 4.78 is 5.96. The van der Waals surface area contributed by atoms with Crippen LogP contribution in [-0.4, -0.2) is 46.8 Å². The third-order valence-corrected chi connectivity index (χ3v) is 6.43. The van der Waals surface area contributed by atoms with Gasteiger partial charge in [-0.1, -0.05) is 25.5 Å². The van der Waals surface area contributed by atoms with Crippen molar-refractivity contribution < 1.29 is 9.53 Å². The topological polar surface area (TPSA) is 29.5 Å². The predicted molar refractivity (Wildman–Crippen MR) is 93.9 cm³/mol. The second-order valence-corrected chi connectivity index (χ2v) is 8.36. The first-order valence-corrected chi connectivity index (χ1v) is 10.1. The van der Waals surface area contributed by atoms with Gasteiger partial charge in [0.25, 0.3) is 5.91 Å². The fourth-order valence-electron chi connectivity index (χ4n) is 3.02. The fraction of sp³-hybridized carbons (Fsp3) is 0.588. The van der Waals surface area contributed by atoms with E-state index in [1.165, 1.54) is 12.8 Å². The van der Waals surface area contributed by atoms with E-state index < -0.39 is 0 Å². The van der Waals surface area contributed by atoms with Crippen LogP contribution in [0, 0.1) is 0 Å². The Balaban J connectivity index is 1.66. The number of ether oxygens (including phenoxy) is 1. The van der Waals surface area contributed by atoms with Gasteiger partial charge in [-0.2, -0.15) is 11.8 Å². The van der Waals surface area contributed by atoms with E-state index in [4.69, 9.17) is 4.74 Å². The number of hydrogen-bond donors (Lipinski definition) is 0. The molecule has 1 aromatic rings. The molecule has 0 spiro atoms. The third-order valence-electron chi connectivity index (χ3n) is 4.13. The van der Waals surface area contributed by atoms with Gasteiger partial charge >= 0.3 is 0 Å². The van der Waals surface area contributed by atoms with Gasteiger partial charge in [0, 0.05) is 29.0 Å². The number of nitrogens with zero attached hydrogens (tertiary/aromatic N) is 1. The van der Waals surface area contributed by atoms with Crippen molar-refractivity contribution in [1.82, 2.24) is 4.90 Å². The van der Waals surface area contributed by atoms with E-state index >= 15 is 0 Å². The lowest BCUT2D eigenvalue weighted by Gasteiger charge is -2.31. The van der Waals surface area contributed by atoms with Crippen molar-refractivity contribution in [2.45, 2.75) is 42.4 Å². The molecule has 5 heteroatoms. The lowest BCUT2D eigenvalue weighted by molar-refractivity contribution is -0.137. The minimum atomic E-state index is -0.328. The van der Waals surface area contributed by atoms with Crippen molar-refractivity contribution in [2.24, 2.45) is 0 Å². The highest BCUT2D eigenvalue weighted by atomic mass is 32.2. The highest BCUT2D eigenvalue weighted by Crippen LogP contribution is 2.35. The Bertz CT molecular complexity index is 523. The number of thioether (sulfide) groups is 2. The number of rotatable bonds is 3. The molecule has 3 nitrogen and oxygen atoms in total. The van der Waals surface area contributed by atoms with E-state index in [0.29, 0.717) is 5.25 Å². The molecule has 0 aromatic heterocycles. The second kappa shape index (κ2) is 7.64. The summed E-state index contributed by atoms with van der Waals surface area (Å²) in [5.74, 6) is 2.87. The standard InChI is InChI=1S/C17H23NO2S2/c1-2-21-13-7-5-6-10-18(11-13)17(19)15-12-22-16-9-4-3-8-14(16)20-15/h3-4,8-9,13,15H,2,5-7,10-12H2,1H3. The Labute approximate surface area is 141 Å². The molecular formula is C17H23NO2S2. The largest absolute Gasteiger partial charge is 0.479 e. The summed E-state index contributed by atoms with van der Waals surface area (Å²) in [6, 6.07) is 7.99. The zero-order valence-electron chi connectivity index (χ0n) is 13.0. The maximum atomic E-state index is 12.8. The first kappa shape index (κ1) is 16.1. The first-order chi connectivity index (χ1) is 10.8.